The maximum Gasteiger partial charge on any atom is 0.0594 e. The van der Waals surface area contributed by atoms with Crippen LogP contribution in [0.1, 0.15) is 17.7 Å². The van der Waals surface area contributed by atoms with Crippen molar-refractivity contribution >= 4 is 11.8 Å². The van der Waals surface area contributed by atoms with Gasteiger partial charge in [-0.05, 0) is 41.9 Å². The number of fused-ring (bicyclic) bond motifs is 1. The number of hydrogen-bond acceptors (Lipinski definition) is 3. The van der Waals surface area contributed by atoms with Crippen molar-refractivity contribution in [1.82, 2.24) is 9.78 Å². The number of aromatic nitrogens is 2. The Morgan fingerprint density at radius 1 is 1.44 bits per heavy atom. The monoisotopic (exact) mass is 259 g/mol. The number of hydrogen-bond donors (Lipinski definition) is 1. The molecule has 3 rings (SSSR count). The molecular formula is C14H17N3S. The zero-order chi connectivity index (χ0) is 12.5. The highest BCUT2D eigenvalue weighted by Crippen LogP contribution is 2.33. The summed E-state index contributed by atoms with van der Waals surface area (Å²) in [5.41, 5.74) is 10.8. The second-order valence-electron chi connectivity index (χ2n) is 4.61. The van der Waals surface area contributed by atoms with Crippen molar-refractivity contribution in [2.45, 2.75) is 24.3 Å². The van der Waals surface area contributed by atoms with E-state index in [2.05, 4.69) is 23.3 Å². The summed E-state index contributed by atoms with van der Waals surface area (Å²) in [5.74, 6) is 1.24. The van der Waals surface area contributed by atoms with Gasteiger partial charge in [0.15, 0.2) is 0 Å². The van der Waals surface area contributed by atoms with Crippen LogP contribution in [0.3, 0.4) is 0 Å². The molecule has 0 amide bonds. The van der Waals surface area contributed by atoms with Crippen molar-refractivity contribution in [2.24, 2.45) is 12.8 Å². The van der Waals surface area contributed by atoms with Gasteiger partial charge in [0.25, 0.3) is 0 Å². The van der Waals surface area contributed by atoms with Crippen molar-refractivity contribution in [3.8, 4) is 11.1 Å². The van der Waals surface area contributed by atoms with Gasteiger partial charge in [0.2, 0.25) is 0 Å². The SMILES string of the molecule is Cn1ncc(-c2ccc3c(c2)CCCS3)c1CN. The normalized spacial score (nSPS) is 14.6. The number of aryl methyl sites for hydroxylation is 2. The lowest BCUT2D eigenvalue weighted by Crippen LogP contribution is -2.05. The fraction of sp³-hybridized carbons (Fsp3) is 0.357. The molecule has 1 aromatic carbocycles. The zero-order valence-corrected chi connectivity index (χ0v) is 11.3. The van der Waals surface area contributed by atoms with Gasteiger partial charge in [-0.2, -0.15) is 5.10 Å². The minimum atomic E-state index is 0.525. The Bertz CT molecular complexity index is 574. The molecule has 2 heterocycles. The third-order valence-electron chi connectivity index (χ3n) is 3.47. The lowest BCUT2D eigenvalue weighted by Gasteiger charge is -2.16. The first-order chi connectivity index (χ1) is 8.79. The number of rotatable bonds is 2. The lowest BCUT2D eigenvalue weighted by atomic mass is 10.0. The Kier molecular flexibility index (Phi) is 3.14. The van der Waals surface area contributed by atoms with E-state index in [1.165, 1.54) is 40.2 Å². The smallest absolute Gasteiger partial charge is 0.0594 e. The van der Waals surface area contributed by atoms with Gasteiger partial charge >= 0.3 is 0 Å². The highest BCUT2D eigenvalue weighted by Gasteiger charge is 2.13. The second-order valence-corrected chi connectivity index (χ2v) is 5.74. The van der Waals surface area contributed by atoms with E-state index in [-0.39, 0.29) is 0 Å². The van der Waals surface area contributed by atoms with E-state index in [0.29, 0.717) is 6.54 Å². The van der Waals surface area contributed by atoms with Crippen LogP contribution in [-0.2, 0) is 20.0 Å². The van der Waals surface area contributed by atoms with E-state index in [1.54, 1.807) is 0 Å². The van der Waals surface area contributed by atoms with Gasteiger partial charge in [-0.3, -0.25) is 4.68 Å². The van der Waals surface area contributed by atoms with E-state index in [9.17, 15) is 0 Å². The van der Waals surface area contributed by atoms with Crippen molar-refractivity contribution in [1.29, 1.82) is 0 Å². The fourth-order valence-corrected chi connectivity index (χ4v) is 3.49. The molecule has 0 spiro atoms. The lowest BCUT2D eigenvalue weighted by molar-refractivity contribution is 0.713. The molecule has 0 fully saturated rings. The van der Waals surface area contributed by atoms with E-state index < -0.39 is 0 Å². The number of thioether (sulfide) groups is 1. The van der Waals surface area contributed by atoms with Crippen molar-refractivity contribution < 1.29 is 0 Å². The molecule has 18 heavy (non-hydrogen) atoms. The molecule has 0 aliphatic carbocycles. The Hall–Kier alpha value is -1.26. The predicted octanol–water partition coefficient (Wildman–Crippen LogP) is 2.58. The summed E-state index contributed by atoms with van der Waals surface area (Å²) in [4.78, 5) is 1.43. The molecule has 94 valence electrons. The maximum atomic E-state index is 5.81. The van der Waals surface area contributed by atoms with Crippen LogP contribution in [-0.4, -0.2) is 15.5 Å². The zero-order valence-electron chi connectivity index (χ0n) is 10.5. The van der Waals surface area contributed by atoms with Crippen LogP contribution in [0.5, 0.6) is 0 Å². The Morgan fingerprint density at radius 3 is 3.17 bits per heavy atom. The Morgan fingerprint density at radius 2 is 2.33 bits per heavy atom. The molecule has 0 saturated carbocycles. The summed E-state index contributed by atoms with van der Waals surface area (Å²) in [7, 11) is 1.94. The molecule has 1 aliphatic heterocycles. The maximum absolute atomic E-state index is 5.81. The van der Waals surface area contributed by atoms with Gasteiger partial charge < -0.3 is 5.73 Å². The van der Waals surface area contributed by atoms with Crippen LogP contribution >= 0.6 is 11.8 Å². The van der Waals surface area contributed by atoms with Crippen LogP contribution in [0, 0.1) is 0 Å². The van der Waals surface area contributed by atoms with E-state index >= 15 is 0 Å². The summed E-state index contributed by atoms with van der Waals surface area (Å²) in [6.45, 7) is 0.525. The first-order valence-corrected chi connectivity index (χ1v) is 7.25. The molecule has 1 aromatic heterocycles. The van der Waals surface area contributed by atoms with Gasteiger partial charge in [-0.1, -0.05) is 6.07 Å². The van der Waals surface area contributed by atoms with Crippen molar-refractivity contribution in [3.05, 3.63) is 35.7 Å². The summed E-state index contributed by atoms with van der Waals surface area (Å²) in [5, 5.41) is 4.31. The average Bonchev–Trinajstić information content (AvgIpc) is 2.79. The van der Waals surface area contributed by atoms with Crippen LogP contribution in [0.15, 0.2) is 29.3 Å². The van der Waals surface area contributed by atoms with E-state index in [4.69, 9.17) is 5.73 Å². The number of nitrogens with zero attached hydrogens (tertiary/aromatic N) is 2. The third kappa shape index (κ3) is 1.95. The largest absolute Gasteiger partial charge is 0.325 e. The number of nitrogens with two attached hydrogens (primary N) is 1. The molecule has 0 radical (unpaired) electrons. The molecular weight excluding hydrogens is 242 g/mol. The van der Waals surface area contributed by atoms with Crippen LogP contribution in [0.4, 0.5) is 0 Å². The van der Waals surface area contributed by atoms with Crippen molar-refractivity contribution in [3.63, 3.8) is 0 Å². The third-order valence-corrected chi connectivity index (χ3v) is 4.68. The van der Waals surface area contributed by atoms with E-state index in [1.807, 2.05) is 29.7 Å². The molecule has 2 aromatic rings. The van der Waals surface area contributed by atoms with Gasteiger partial charge in [0.1, 0.15) is 0 Å². The minimum Gasteiger partial charge on any atom is -0.325 e. The first kappa shape index (κ1) is 11.8. The molecule has 0 atom stereocenters. The minimum absolute atomic E-state index is 0.525. The highest BCUT2D eigenvalue weighted by molar-refractivity contribution is 7.99. The Balaban J connectivity index is 2.06. The van der Waals surface area contributed by atoms with Gasteiger partial charge in [-0.25, -0.2) is 0 Å². The second kappa shape index (κ2) is 4.78. The molecule has 3 nitrogen and oxygen atoms in total. The summed E-state index contributed by atoms with van der Waals surface area (Å²) in [6.07, 6.45) is 4.38. The van der Waals surface area contributed by atoms with Crippen LogP contribution in [0.2, 0.25) is 0 Å². The Labute approximate surface area is 111 Å². The molecule has 0 unspecified atom stereocenters. The highest BCUT2D eigenvalue weighted by atomic mass is 32.2. The molecule has 4 heteroatoms. The van der Waals surface area contributed by atoms with Crippen LogP contribution in [0.25, 0.3) is 11.1 Å². The van der Waals surface area contributed by atoms with E-state index in [0.717, 1.165) is 5.69 Å². The molecule has 0 bridgehead atoms. The summed E-state index contributed by atoms with van der Waals surface area (Å²) >= 11 is 1.96. The molecule has 2 N–H and O–H groups in total. The van der Waals surface area contributed by atoms with Crippen LogP contribution < -0.4 is 5.73 Å². The summed E-state index contributed by atoms with van der Waals surface area (Å²) < 4.78 is 1.86. The fourth-order valence-electron chi connectivity index (χ4n) is 2.47. The topological polar surface area (TPSA) is 43.8 Å². The predicted molar refractivity (Wildman–Crippen MR) is 75.6 cm³/mol. The van der Waals surface area contributed by atoms with Crippen molar-refractivity contribution in [2.75, 3.05) is 5.75 Å². The first-order valence-electron chi connectivity index (χ1n) is 6.26. The summed E-state index contributed by atoms with van der Waals surface area (Å²) in [6, 6.07) is 6.73. The van der Waals surface area contributed by atoms with Gasteiger partial charge in [0.05, 0.1) is 11.9 Å². The van der Waals surface area contributed by atoms with Gasteiger partial charge in [0, 0.05) is 24.1 Å². The molecule has 1 aliphatic rings. The average molecular weight is 259 g/mol. The quantitative estimate of drug-likeness (QED) is 0.901. The standard InChI is InChI=1S/C14H17N3S/c1-17-13(8-15)12(9-16-17)10-4-5-14-11(7-10)3-2-6-18-14/h4-5,7,9H,2-3,6,8,15H2,1H3. The molecule has 0 saturated heterocycles. The van der Waals surface area contributed by atoms with Gasteiger partial charge in [-0.15, -0.1) is 11.8 Å². The number of benzene rings is 1.